The number of allylic oxidation sites excluding steroid dienone is 1. The Kier molecular flexibility index (Phi) is 8.72. The number of unbranched alkanes of at least 4 members (excludes halogenated alkanes) is 1. The van der Waals surface area contributed by atoms with Crippen LogP contribution in [0.1, 0.15) is 104 Å². The summed E-state index contributed by atoms with van der Waals surface area (Å²) in [6.07, 6.45) is 24.8. The molecule has 2 aliphatic rings. The molecular weight excluding hydrogens is 280 g/mol. The predicted octanol–water partition coefficient (Wildman–Crippen LogP) is 7.06. The van der Waals surface area contributed by atoms with Crippen molar-refractivity contribution in [2.75, 3.05) is 6.61 Å². The molecule has 0 aromatic carbocycles. The van der Waals surface area contributed by atoms with Crippen LogP contribution < -0.4 is 0 Å². The Morgan fingerprint density at radius 3 is 2.35 bits per heavy atom. The van der Waals surface area contributed by atoms with E-state index in [1.807, 2.05) is 0 Å². The van der Waals surface area contributed by atoms with Gasteiger partial charge in [0, 0.05) is 0 Å². The van der Waals surface area contributed by atoms with E-state index in [9.17, 15) is 0 Å². The van der Waals surface area contributed by atoms with Gasteiger partial charge in [-0.1, -0.05) is 70.9 Å². The van der Waals surface area contributed by atoms with Crippen LogP contribution in [-0.2, 0) is 4.74 Å². The molecule has 0 aromatic rings. The van der Waals surface area contributed by atoms with Crippen molar-refractivity contribution in [1.82, 2.24) is 0 Å². The molecule has 0 aliphatic heterocycles. The predicted molar refractivity (Wildman–Crippen MR) is 101 cm³/mol. The second kappa shape index (κ2) is 10.5. The molecule has 0 amide bonds. The van der Waals surface area contributed by atoms with Crippen LogP contribution >= 0.6 is 0 Å². The highest BCUT2D eigenvalue weighted by molar-refractivity contribution is 5.01. The molecule has 0 spiro atoms. The van der Waals surface area contributed by atoms with E-state index in [0.717, 1.165) is 12.5 Å². The maximum atomic E-state index is 6.16. The average molecular weight is 321 g/mol. The number of rotatable bonds is 9. The first-order valence-corrected chi connectivity index (χ1v) is 10.6. The Morgan fingerprint density at radius 2 is 1.70 bits per heavy atom. The second-order valence-corrected chi connectivity index (χ2v) is 8.19. The number of hydrogen-bond donors (Lipinski definition) is 0. The van der Waals surface area contributed by atoms with Crippen molar-refractivity contribution in [3.63, 3.8) is 0 Å². The summed E-state index contributed by atoms with van der Waals surface area (Å²) in [4.78, 5) is 0. The third-order valence-corrected chi connectivity index (χ3v) is 6.27. The molecule has 2 rings (SSSR count). The lowest BCUT2D eigenvalue weighted by Gasteiger charge is -2.35. The van der Waals surface area contributed by atoms with Gasteiger partial charge in [-0.3, -0.25) is 0 Å². The molecular formula is C22H40O. The van der Waals surface area contributed by atoms with Crippen molar-refractivity contribution in [3.8, 4) is 0 Å². The summed E-state index contributed by atoms with van der Waals surface area (Å²) in [5.41, 5.74) is 0.510. The lowest BCUT2D eigenvalue weighted by molar-refractivity contribution is 0.0331. The minimum absolute atomic E-state index is 0.510. The molecule has 0 heterocycles. The van der Waals surface area contributed by atoms with Crippen molar-refractivity contribution in [2.24, 2.45) is 11.3 Å². The van der Waals surface area contributed by atoms with Gasteiger partial charge in [-0.2, -0.15) is 0 Å². The van der Waals surface area contributed by atoms with Gasteiger partial charge in [0.2, 0.25) is 0 Å². The van der Waals surface area contributed by atoms with Crippen molar-refractivity contribution in [3.05, 3.63) is 12.2 Å². The van der Waals surface area contributed by atoms with E-state index in [0.29, 0.717) is 11.5 Å². The van der Waals surface area contributed by atoms with E-state index in [1.54, 1.807) is 0 Å². The molecule has 0 bridgehead atoms. The smallest absolute Gasteiger partial charge is 0.0651 e. The van der Waals surface area contributed by atoms with E-state index < -0.39 is 0 Å². The van der Waals surface area contributed by atoms with Crippen LogP contribution in [0.4, 0.5) is 0 Å². The molecule has 0 N–H and O–H groups in total. The fourth-order valence-corrected chi connectivity index (χ4v) is 4.77. The molecule has 0 unspecified atom stereocenters. The molecule has 2 aliphatic carbocycles. The van der Waals surface area contributed by atoms with E-state index in [-0.39, 0.29) is 0 Å². The summed E-state index contributed by atoms with van der Waals surface area (Å²) < 4.78 is 6.16. The van der Waals surface area contributed by atoms with Crippen LogP contribution in [0.2, 0.25) is 0 Å². The van der Waals surface area contributed by atoms with Crippen LogP contribution in [0.5, 0.6) is 0 Å². The molecule has 23 heavy (non-hydrogen) atoms. The van der Waals surface area contributed by atoms with E-state index in [1.165, 1.54) is 89.9 Å². The Morgan fingerprint density at radius 1 is 0.957 bits per heavy atom. The summed E-state index contributed by atoms with van der Waals surface area (Å²) in [6, 6.07) is 0. The molecule has 134 valence electrons. The van der Waals surface area contributed by atoms with Gasteiger partial charge in [0.1, 0.15) is 0 Å². The maximum Gasteiger partial charge on any atom is 0.0651 e. The van der Waals surface area contributed by atoms with Crippen LogP contribution in [0, 0.1) is 11.3 Å². The third kappa shape index (κ3) is 6.61. The highest BCUT2D eigenvalue weighted by atomic mass is 16.5. The van der Waals surface area contributed by atoms with Crippen molar-refractivity contribution >= 4 is 0 Å². The molecule has 0 atom stereocenters. The molecule has 2 fully saturated rings. The van der Waals surface area contributed by atoms with Crippen LogP contribution in [0.15, 0.2) is 12.2 Å². The largest absolute Gasteiger partial charge is 0.374 e. The molecule has 0 saturated heterocycles. The zero-order valence-corrected chi connectivity index (χ0v) is 15.8. The van der Waals surface area contributed by atoms with Crippen LogP contribution in [0.25, 0.3) is 0 Å². The lowest BCUT2D eigenvalue weighted by atomic mass is 9.71. The van der Waals surface area contributed by atoms with Gasteiger partial charge < -0.3 is 4.74 Å². The van der Waals surface area contributed by atoms with Gasteiger partial charge in [-0.25, -0.2) is 0 Å². The summed E-state index contributed by atoms with van der Waals surface area (Å²) in [5.74, 6) is 0.981. The van der Waals surface area contributed by atoms with Gasteiger partial charge in [-0.15, -0.1) is 0 Å². The lowest BCUT2D eigenvalue weighted by Crippen LogP contribution is -2.23. The monoisotopic (exact) mass is 320 g/mol. The van der Waals surface area contributed by atoms with Crippen LogP contribution in [-0.4, -0.2) is 12.7 Å². The standard InChI is InChI=1S/C22H40O/c1-3-5-15-22(16-7-6-8-17-22)18-9-19-23-21-13-11-20(10-4-2)12-14-21/h9,18,20-21H,3-8,10-17,19H2,1-2H3/b18-9+. The van der Waals surface area contributed by atoms with Gasteiger partial charge in [0.15, 0.2) is 0 Å². The quantitative estimate of drug-likeness (QED) is 0.413. The van der Waals surface area contributed by atoms with Crippen LogP contribution in [0.3, 0.4) is 0 Å². The molecule has 0 aromatic heterocycles. The summed E-state index contributed by atoms with van der Waals surface area (Å²) in [5, 5.41) is 0. The highest BCUT2D eigenvalue weighted by Gasteiger charge is 2.28. The maximum absolute atomic E-state index is 6.16. The fourth-order valence-electron chi connectivity index (χ4n) is 4.77. The summed E-state index contributed by atoms with van der Waals surface area (Å²) >= 11 is 0. The van der Waals surface area contributed by atoms with Gasteiger partial charge in [-0.05, 0) is 56.3 Å². The van der Waals surface area contributed by atoms with E-state index >= 15 is 0 Å². The molecule has 0 radical (unpaired) electrons. The van der Waals surface area contributed by atoms with Gasteiger partial charge in [0.25, 0.3) is 0 Å². The Hall–Kier alpha value is -0.300. The number of ether oxygens (including phenoxy) is 1. The van der Waals surface area contributed by atoms with Crippen molar-refractivity contribution < 1.29 is 4.74 Å². The van der Waals surface area contributed by atoms with E-state index in [4.69, 9.17) is 4.74 Å². The highest BCUT2D eigenvalue weighted by Crippen LogP contribution is 2.41. The molecule has 2 saturated carbocycles. The zero-order chi connectivity index (χ0) is 16.4. The number of hydrogen-bond acceptors (Lipinski definition) is 1. The minimum Gasteiger partial charge on any atom is -0.374 e. The third-order valence-electron chi connectivity index (χ3n) is 6.27. The minimum atomic E-state index is 0.510. The normalized spacial score (nSPS) is 28.3. The summed E-state index contributed by atoms with van der Waals surface area (Å²) in [6.45, 7) is 5.47. The van der Waals surface area contributed by atoms with Gasteiger partial charge >= 0.3 is 0 Å². The second-order valence-electron chi connectivity index (χ2n) is 8.19. The molecule has 1 nitrogen and oxygen atoms in total. The zero-order valence-electron chi connectivity index (χ0n) is 15.8. The van der Waals surface area contributed by atoms with Crippen molar-refractivity contribution in [1.29, 1.82) is 0 Å². The summed E-state index contributed by atoms with van der Waals surface area (Å²) in [7, 11) is 0. The Labute approximate surface area is 145 Å². The molecule has 1 heteroatoms. The first-order chi connectivity index (χ1) is 11.3. The Bertz CT molecular complexity index is 319. The topological polar surface area (TPSA) is 9.23 Å². The first-order valence-electron chi connectivity index (χ1n) is 10.6. The Balaban J connectivity index is 1.70. The first kappa shape index (κ1) is 19.0. The SMILES string of the molecule is CCCCC1(/C=C/COC2CCC(CCC)CC2)CCCCC1. The fraction of sp³-hybridized carbons (Fsp3) is 0.909. The van der Waals surface area contributed by atoms with Crippen molar-refractivity contribution in [2.45, 2.75) is 110 Å². The van der Waals surface area contributed by atoms with E-state index in [2.05, 4.69) is 26.0 Å². The average Bonchev–Trinajstić information content (AvgIpc) is 2.60. The van der Waals surface area contributed by atoms with Gasteiger partial charge in [0.05, 0.1) is 12.7 Å².